The van der Waals surface area contributed by atoms with Gasteiger partial charge in [0.1, 0.15) is 17.0 Å². The summed E-state index contributed by atoms with van der Waals surface area (Å²) in [6, 6.07) is 2.97. The van der Waals surface area contributed by atoms with Crippen molar-refractivity contribution < 1.29 is 17.6 Å². The second-order valence-electron chi connectivity index (χ2n) is 7.01. The summed E-state index contributed by atoms with van der Waals surface area (Å²) in [6.45, 7) is 1.17. The number of rotatable bonds is 4. The van der Waals surface area contributed by atoms with Crippen molar-refractivity contribution >= 4 is 16.7 Å². The molecule has 150 valence electrons. The number of halogens is 4. The molecule has 4 rings (SSSR count). The Morgan fingerprint density at radius 3 is 2.66 bits per heavy atom. The highest BCUT2D eigenvalue weighted by atomic mass is 19.4. The molecule has 3 aromatic heterocycles. The highest BCUT2D eigenvalue weighted by Gasteiger charge is 2.38. The first-order valence-electron chi connectivity index (χ1n) is 8.99. The minimum Gasteiger partial charge on any atom is -0.384 e. The second-order valence-corrected chi connectivity index (χ2v) is 7.01. The van der Waals surface area contributed by atoms with E-state index in [1.54, 1.807) is 0 Å². The highest BCUT2D eigenvalue weighted by Crippen LogP contribution is 2.43. The van der Waals surface area contributed by atoms with Crippen LogP contribution in [0.25, 0.3) is 22.2 Å². The van der Waals surface area contributed by atoms with Gasteiger partial charge in [-0.25, -0.2) is 14.4 Å². The van der Waals surface area contributed by atoms with Crippen molar-refractivity contribution in [1.29, 1.82) is 5.26 Å². The van der Waals surface area contributed by atoms with Gasteiger partial charge in [0.05, 0.1) is 35.3 Å². The molecule has 0 radical (unpaired) electrons. The van der Waals surface area contributed by atoms with E-state index in [0.717, 1.165) is 18.9 Å². The second kappa shape index (κ2) is 6.69. The van der Waals surface area contributed by atoms with Crippen LogP contribution in [0.2, 0.25) is 0 Å². The van der Waals surface area contributed by atoms with E-state index in [0.29, 0.717) is 11.1 Å². The fourth-order valence-electron chi connectivity index (χ4n) is 3.53. The summed E-state index contributed by atoms with van der Waals surface area (Å²) in [4.78, 5) is 7.88. The third-order valence-electron chi connectivity index (χ3n) is 4.89. The maximum atomic E-state index is 15.6. The summed E-state index contributed by atoms with van der Waals surface area (Å²) in [7, 11) is 0. The molecule has 2 N–H and O–H groups in total. The summed E-state index contributed by atoms with van der Waals surface area (Å²) >= 11 is 0. The number of pyridine rings is 2. The predicted octanol–water partition coefficient (Wildman–Crippen LogP) is 4.33. The summed E-state index contributed by atoms with van der Waals surface area (Å²) in [6.07, 6.45) is -1.43. The van der Waals surface area contributed by atoms with Crippen LogP contribution in [-0.4, -0.2) is 19.7 Å². The zero-order valence-corrected chi connectivity index (χ0v) is 15.4. The topological polar surface area (TPSA) is 93.4 Å². The summed E-state index contributed by atoms with van der Waals surface area (Å²) < 4.78 is 58.3. The molecule has 6 nitrogen and oxygen atoms in total. The fourth-order valence-corrected chi connectivity index (χ4v) is 3.53. The van der Waals surface area contributed by atoms with E-state index in [4.69, 9.17) is 11.0 Å². The Morgan fingerprint density at radius 1 is 1.31 bits per heavy atom. The van der Waals surface area contributed by atoms with Crippen molar-refractivity contribution in [3.05, 3.63) is 35.0 Å². The smallest absolute Gasteiger partial charge is 0.384 e. The first-order valence-corrected chi connectivity index (χ1v) is 8.99. The molecule has 3 aromatic rings. The van der Waals surface area contributed by atoms with Gasteiger partial charge in [-0.2, -0.15) is 23.5 Å². The Bertz CT molecular complexity index is 1150. The molecule has 10 heteroatoms. The Balaban J connectivity index is 2.06. The lowest BCUT2D eigenvalue weighted by Crippen LogP contribution is -2.14. The van der Waals surface area contributed by atoms with Crippen LogP contribution in [0.1, 0.15) is 42.3 Å². The van der Waals surface area contributed by atoms with E-state index >= 15 is 4.39 Å². The molecule has 0 amide bonds. The number of nitriles is 1. The SMILES string of the molecule is Cc1nc(N)cc(-c2nc(CCC#N)c3cnn(C4CC4)c3c2F)c1C(F)(F)F. The van der Waals surface area contributed by atoms with Crippen molar-refractivity contribution in [3.63, 3.8) is 0 Å². The number of nitrogens with two attached hydrogens (primary N) is 1. The van der Waals surface area contributed by atoms with Gasteiger partial charge in [-0.15, -0.1) is 0 Å². The van der Waals surface area contributed by atoms with Gasteiger partial charge in [-0.1, -0.05) is 0 Å². The quantitative estimate of drug-likeness (QED) is 0.653. The normalized spacial score (nSPS) is 14.3. The average molecular weight is 404 g/mol. The highest BCUT2D eigenvalue weighted by molar-refractivity contribution is 5.87. The van der Waals surface area contributed by atoms with E-state index in [1.165, 1.54) is 17.8 Å². The number of hydrogen-bond acceptors (Lipinski definition) is 5. The van der Waals surface area contributed by atoms with E-state index in [-0.39, 0.29) is 35.9 Å². The number of hydrogen-bond donors (Lipinski definition) is 1. The van der Waals surface area contributed by atoms with Crippen molar-refractivity contribution in [3.8, 4) is 17.3 Å². The molecule has 0 saturated heterocycles. The third-order valence-corrected chi connectivity index (χ3v) is 4.89. The molecule has 29 heavy (non-hydrogen) atoms. The third kappa shape index (κ3) is 3.26. The van der Waals surface area contributed by atoms with Crippen LogP contribution in [0.3, 0.4) is 0 Å². The lowest BCUT2D eigenvalue weighted by molar-refractivity contribution is -0.137. The number of aryl methyl sites for hydroxylation is 2. The van der Waals surface area contributed by atoms with Gasteiger partial charge in [0.15, 0.2) is 5.82 Å². The maximum Gasteiger partial charge on any atom is 0.418 e. The van der Waals surface area contributed by atoms with Crippen molar-refractivity contribution in [2.45, 2.75) is 44.8 Å². The van der Waals surface area contributed by atoms with Crippen LogP contribution >= 0.6 is 0 Å². The summed E-state index contributed by atoms with van der Waals surface area (Å²) in [5.41, 5.74) is 3.73. The van der Waals surface area contributed by atoms with Gasteiger partial charge in [0.25, 0.3) is 0 Å². The summed E-state index contributed by atoms with van der Waals surface area (Å²) in [5.74, 6) is -1.05. The monoisotopic (exact) mass is 404 g/mol. The first-order chi connectivity index (χ1) is 13.7. The maximum absolute atomic E-state index is 15.6. The van der Waals surface area contributed by atoms with Gasteiger partial charge >= 0.3 is 6.18 Å². The predicted molar refractivity (Wildman–Crippen MR) is 97.1 cm³/mol. The Hall–Kier alpha value is -3.22. The zero-order chi connectivity index (χ0) is 20.9. The van der Waals surface area contributed by atoms with Crippen LogP contribution in [0, 0.1) is 24.1 Å². The molecule has 1 fully saturated rings. The molecule has 0 aromatic carbocycles. The van der Waals surface area contributed by atoms with Crippen LogP contribution in [0.4, 0.5) is 23.4 Å². The zero-order valence-electron chi connectivity index (χ0n) is 15.4. The Morgan fingerprint density at radius 2 is 2.03 bits per heavy atom. The standard InChI is InChI=1S/C19H16F4N6/c1-9-15(19(21,22)23)11(7-14(25)27-9)17-16(20)18-12(13(28-17)3-2-6-24)8-26-29(18)10-4-5-10/h7-8,10H,2-5H2,1H3,(H2,25,27). The lowest BCUT2D eigenvalue weighted by atomic mass is 10.00. The minimum absolute atomic E-state index is 0.00685. The van der Waals surface area contributed by atoms with E-state index < -0.39 is 28.8 Å². The van der Waals surface area contributed by atoms with Crippen LogP contribution in [0.5, 0.6) is 0 Å². The van der Waals surface area contributed by atoms with Crippen molar-refractivity contribution in [2.24, 2.45) is 0 Å². The fraction of sp³-hybridized carbons (Fsp3) is 0.368. The minimum atomic E-state index is -4.77. The molecule has 3 heterocycles. The number of aromatic nitrogens is 4. The van der Waals surface area contributed by atoms with Crippen LogP contribution in [0.15, 0.2) is 12.3 Å². The molecule has 1 saturated carbocycles. The molecule has 0 aliphatic heterocycles. The molecular weight excluding hydrogens is 388 g/mol. The number of nitrogens with zero attached hydrogens (tertiary/aromatic N) is 5. The van der Waals surface area contributed by atoms with Crippen molar-refractivity contribution in [1.82, 2.24) is 19.7 Å². The van der Waals surface area contributed by atoms with Crippen LogP contribution < -0.4 is 5.73 Å². The molecule has 0 bridgehead atoms. The Kier molecular flexibility index (Phi) is 4.41. The van der Waals surface area contributed by atoms with E-state index in [1.807, 2.05) is 6.07 Å². The van der Waals surface area contributed by atoms with E-state index in [9.17, 15) is 13.2 Å². The molecule has 0 spiro atoms. The number of anilines is 1. The van der Waals surface area contributed by atoms with Crippen LogP contribution in [-0.2, 0) is 12.6 Å². The van der Waals surface area contributed by atoms with E-state index in [2.05, 4.69) is 15.1 Å². The van der Waals surface area contributed by atoms with Gasteiger partial charge in [0.2, 0.25) is 0 Å². The summed E-state index contributed by atoms with van der Waals surface area (Å²) in [5, 5.41) is 13.5. The largest absolute Gasteiger partial charge is 0.418 e. The van der Waals surface area contributed by atoms with Crippen molar-refractivity contribution in [2.75, 3.05) is 5.73 Å². The molecule has 1 aliphatic rings. The first kappa shape index (κ1) is 19.1. The molecule has 1 aliphatic carbocycles. The van der Waals surface area contributed by atoms with Gasteiger partial charge in [-0.05, 0) is 25.8 Å². The molecular formula is C19H16F4N6. The number of fused-ring (bicyclic) bond motifs is 1. The van der Waals surface area contributed by atoms with Gasteiger partial charge < -0.3 is 5.73 Å². The Labute approximate surface area is 163 Å². The average Bonchev–Trinajstić information content (AvgIpc) is 3.37. The number of alkyl halides is 3. The lowest BCUT2D eigenvalue weighted by Gasteiger charge is -2.17. The molecule has 0 unspecified atom stereocenters. The molecule has 0 atom stereocenters. The van der Waals surface area contributed by atoms with Gasteiger partial charge in [0, 0.05) is 23.8 Å². The number of nitrogen functional groups attached to an aromatic ring is 1. The van der Waals surface area contributed by atoms with Gasteiger partial charge in [-0.3, -0.25) is 4.68 Å².